The van der Waals surface area contributed by atoms with Crippen LogP contribution in [0.25, 0.3) is 0 Å². The smallest absolute Gasteiger partial charge is 0.276 e. The lowest BCUT2D eigenvalue weighted by atomic mass is 10.1. The molecule has 19 heavy (non-hydrogen) atoms. The molecule has 2 heterocycles. The fourth-order valence-corrected chi connectivity index (χ4v) is 2.69. The Morgan fingerprint density at radius 1 is 1.58 bits per heavy atom. The molecule has 0 aliphatic carbocycles. The Kier molecular flexibility index (Phi) is 4.55. The molecule has 0 spiro atoms. The molecular weight excluding hydrogens is 270 g/mol. The van der Waals surface area contributed by atoms with E-state index in [0.29, 0.717) is 5.82 Å². The number of nitrogens with zero attached hydrogens (tertiary/aromatic N) is 3. The predicted octanol–water partition coefficient (Wildman–Crippen LogP) is 2.38. The number of anilines is 1. The van der Waals surface area contributed by atoms with Crippen LogP contribution in [0.4, 0.5) is 11.5 Å². The number of hydrogen-bond donors (Lipinski definition) is 1. The Bertz CT molecular complexity index is 470. The highest BCUT2D eigenvalue weighted by atomic mass is 35.5. The first kappa shape index (κ1) is 14.0. The number of nitro groups is 1. The highest BCUT2D eigenvalue weighted by Crippen LogP contribution is 2.30. The first-order valence-electron chi connectivity index (χ1n) is 6.31. The summed E-state index contributed by atoms with van der Waals surface area (Å²) in [6.07, 6.45) is 3.63. The second-order valence-corrected chi connectivity index (χ2v) is 5.01. The third-order valence-corrected chi connectivity index (χ3v) is 3.54. The molecule has 6 nitrogen and oxygen atoms in total. The predicted molar refractivity (Wildman–Crippen MR) is 72.6 cm³/mol. The highest BCUT2D eigenvalue weighted by Gasteiger charge is 2.26. The molecule has 0 saturated carbocycles. The van der Waals surface area contributed by atoms with Crippen LogP contribution < -0.4 is 4.90 Å². The maximum Gasteiger partial charge on any atom is 0.276 e. The topological polar surface area (TPSA) is 79.5 Å². The van der Waals surface area contributed by atoms with Crippen LogP contribution in [-0.4, -0.2) is 34.2 Å². The number of rotatable bonds is 5. The van der Waals surface area contributed by atoms with Crippen LogP contribution in [0.15, 0.2) is 12.1 Å². The molecule has 1 unspecified atom stereocenters. The maximum absolute atomic E-state index is 10.8. The molecule has 1 aliphatic rings. The molecule has 1 aliphatic heterocycles. The molecule has 0 amide bonds. The molecule has 0 bridgehead atoms. The van der Waals surface area contributed by atoms with Gasteiger partial charge in [0.25, 0.3) is 5.69 Å². The van der Waals surface area contributed by atoms with Gasteiger partial charge in [0, 0.05) is 19.2 Å². The highest BCUT2D eigenvalue weighted by molar-refractivity contribution is 6.29. The van der Waals surface area contributed by atoms with Gasteiger partial charge < -0.3 is 10.0 Å². The number of aliphatic hydroxyl groups is 1. The third-order valence-electron chi connectivity index (χ3n) is 3.34. The summed E-state index contributed by atoms with van der Waals surface area (Å²) in [5, 5.41) is 19.9. The molecule has 1 saturated heterocycles. The summed E-state index contributed by atoms with van der Waals surface area (Å²) in [7, 11) is 0. The molecule has 1 aromatic rings. The van der Waals surface area contributed by atoms with Gasteiger partial charge in [-0.15, -0.1) is 0 Å². The Morgan fingerprint density at radius 3 is 3.05 bits per heavy atom. The SMILES string of the molecule is O=[N+]([O-])c1cc(Cl)nc(N2CCCC2CCCO)c1. The second kappa shape index (κ2) is 6.16. The van der Waals surface area contributed by atoms with Crippen molar-refractivity contribution in [1.82, 2.24) is 4.98 Å². The molecule has 1 aromatic heterocycles. The maximum atomic E-state index is 10.8. The molecule has 0 aromatic carbocycles. The summed E-state index contributed by atoms with van der Waals surface area (Å²) in [5.41, 5.74) is -0.0391. The quantitative estimate of drug-likeness (QED) is 0.510. The normalized spacial score (nSPS) is 18.8. The van der Waals surface area contributed by atoms with E-state index in [-0.39, 0.29) is 23.5 Å². The van der Waals surface area contributed by atoms with E-state index in [1.165, 1.54) is 12.1 Å². The van der Waals surface area contributed by atoms with Crippen LogP contribution in [0.2, 0.25) is 5.15 Å². The first-order valence-corrected chi connectivity index (χ1v) is 6.69. The Balaban J connectivity index is 2.22. The van der Waals surface area contributed by atoms with E-state index in [1.54, 1.807) is 0 Å². The van der Waals surface area contributed by atoms with Gasteiger partial charge in [0.1, 0.15) is 11.0 Å². The van der Waals surface area contributed by atoms with E-state index in [9.17, 15) is 10.1 Å². The van der Waals surface area contributed by atoms with Gasteiger partial charge in [-0.2, -0.15) is 0 Å². The molecule has 1 N–H and O–H groups in total. The number of hydrogen-bond acceptors (Lipinski definition) is 5. The van der Waals surface area contributed by atoms with Crippen LogP contribution in [0.1, 0.15) is 25.7 Å². The first-order chi connectivity index (χ1) is 9.11. The van der Waals surface area contributed by atoms with Gasteiger partial charge in [-0.25, -0.2) is 4.98 Å². The number of aromatic nitrogens is 1. The van der Waals surface area contributed by atoms with Gasteiger partial charge in [0.2, 0.25) is 0 Å². The number of aliphatic hydroxyl groups excluding tert-OH is 1. The molecule has 2 rings (SSSR count). The Labute approximate surface area is 116 Å². The molecule has 7 heteroatoms. The van der Waals surface area contributed by atoms with Crippen molar-refractivity contribution in [2.75, 3.05) is 18.1 Å². The van der Waals surface area contributed by atoms with Gasteiger partial charge in [-0.1, -0.05) is 11.6 Å². The molecule has 1 fully saturated rings. The van der Waals surface area contributed by atoms with Crippen molar-refractivity contribution in [3.8, 4) is 0 Å². The van der Waals surface area contributed by atoms with Crippen LogP contribution in [-0.2, 0) is 0 Å². The summed E-state index contributed by atoms with van der Waals surface area (Å²) in [6, 6.07) is 2.99. The van der Waals surface area contributed by atoms with Gasteiger partial charge in [-0.05, 0) is 25.7 Å². The van der Waals surface area contributed by atoms with Crippen LogP contribution in [0.3, 0.4) is 0 Å². The van der Waals surface area contributed by atoms with E-state index in [0.717, 1.165) is 32.2 Å². The Morgan fingerprint density at radius 2 is 2.37 bits per heavy atom. The Hall–Kier alpha value is -1.40. The average Bonchev–Trinajstić information content (AvgIpc) is 2.83. The summed E-state index contributed by atoms with van der Waals surface area (Å²) in [4.78, 5) is 16.6. The summed E-state index contributed by atoms with van der Waals surface area (Å²) < 4.78 is 0. The minimum Gasteiger partial charge on any atom is -0.396 e. The van der Waals surface area contributed by atoms with Gasteiger partial charge in [0.05, 0.1) is 17.1 Å². The van der Waals surface area contributed by atoms with Crippen molar-refractivity contribution in [3.63, 3.8) is 0 Å². The largest absolute Gasteiger partial charge is 0.396 e. The minimum absolute atomic E-state index is 0.0391. The van der Waals surface area contributed by atoms with E-state index in [1.807, 2.05) is 0 Å². The lowest BCUT2D eigenvalue weighted by molar-refractivity contribution is -0.384. The van der Waals surface area contributed by atoms with Crippen molar-refractivity contribution in [2.24, 2.45) is 0 Å². The van der Waals surface area contributed by atoms with Crippen LogP contribution in [0, 0.1) is 10.1 Å². The standard InChI is InChI=1S/C12H16ClN3O3/c13-11-7-10(16(18)19)8-12(14-11)15-5-1-3-9(15)4-2-6-17/h7-9,17H,1-6H2. The number of pyridine rings is 1. The lowest BCUT2D eigenvalue weighted by Crippen LogP contribution is -2.30. The number of halogens is 1. The molecule has 104 valence electrons. The van der Waals surface area contributed by atoms with E-state index in [4.69, 9.17) is 16.7 Å². The van der Waals surface area contributed by atoms with Crippen molar-refractivity contribution in [2.45, 2.75) is 31.7 Å². The van der Waals surface area contributed by atoms with Crippen molar-refractivity contribution in [3.05, 3.63) is 27.4 Å². The van der Waals surface area contributed by atoms with Gasteiger partial charge in [0.15, 0.2) is 0 Å². The third kappa shape index (κ3) is 3.33. The zero-order chi connectivity index (χ0) is 13.8. The monoisotopic (exact) mass is 285 g/mol. The molecule has 0 radical (unpaired) electrons. The fraction of sp³-hybridized carbons (Fsp3) is 0.583. The van der Waals surface area contributed by atoms with Crippen molar-refractivity contribution in [1.29, 1.82) is 0 Å². The van der Waals surface area contributed by atoms with E-state index < -0.39 is 4.92 Å². The fourth-order valence-electron chi connectivity index (χ4n) is 2.49. The summed E-state index contributed by atoms with van der Waals surface area (Å²) >= 11 is 5.84. The minimum atomic E-state index is -0.462. The van der Waals surface area contributed by atoms with Gasteiger partial charge >= 0.3 is 0 Å². The molecular formula is C12H16ClN3O3. The van der Waals surface area contributed by atoms with Crippen LogP contribution >= 0.6 is 11.6 Å². The summed E-state index contributed by atoms with van der Waals surface area (Å²) in [6.45, 7) is 0.980. The van der Waals surface area contributed by atoms with E-state index in [2.05, 4.69) is 9.88 Å². The van der Waals surface area contributed by atoms with Crippen LogP contribution in [0.5, 0.6) is 0 Å². The van der Waals surface area contributed by atoms with E-state index >= 15 is 0 Å². The molecule has 1 atom stereocenters. The average molecular weight is 286 g/mol. The second-order valence-electron chi connectivity index (χ2n) is 4.62. The van der Waals surface area contributed by atoms with Crippen molar-refractivity contribution >= 4 is 23.1 Å². The zero-order valence-electron chi connectivity index (χ0n) is 10.5. The van der Waals surface area contributed by atoms with Gasteiger partial charge in [-0.3, -0.25) is 10.1 Å². The van der Waals surface area contributed by atoms with Crippen molar-refractivity contribution < 1.29 is 10.0 Å². The lowest BCUT2D eigenvalue weighted by Gasteiger charge is -2.25. The summed E-state index contributed by atoms with van der Waals surface area (Å²) in [5.74, 6) is 0.555. The zero-order valence-corrected chi connectivity index (χ0v) is 11.2.